The second-order valence-corrected chi connectivity index (χ2v) is 4.14. The van der Waals surface area contributed by atoms with Gasteiger partial charge in [-0.05, 0) is 30.5 Å². The van der Waals surface area contributed by atoms with Gasteiger partial charge in [0.2, 0.25) is 5.91 Å². The van der Waals surface area contributed by atoms with Crippen LogP contribution in [0, 0.1) is 0 Å². The van der Waals surface area contributed by atoms with Crippen molar-refractivity contribution in [1.29, 1.82) is 0 Å². The molecule has 0 saturated heterocycles. The zero-order valence-corrected chi connectivity index (χ0v) is 9.86. The number of nitrogens with zero attached hydrogens (tertiary/aromatic N) is 1. The number of amides is 1. The molecule has 1 heterocycles. The van der Waals surface area contributed by atoms with E-state index in [1.54, 1.807) is 0 Å². The average Bonchev–Trinajstić information content (AvgIpc) is 2.59. The number of carbonyl (C=O) groups excluding carboxylic acids is 1. The quantitative estimate of drug-likeness (QED) is 0.843. The van der Waals surface area contributed by atoms with Crippen LogP contribution in [0.4, 0.5) is 5.69 Å². The van der Waals surface area contributed by atoms with E-state index in [1.165, 1.54) is 0 Å². The van der Waals surface area contributed by atoms with Crippen molar-refractivity contribution in [2.24, 2.45) is 5.73 Å². The van der Waals surface area contributed by atoms with Crippen LogP contribution in [0.2, 0.25) is 0 Å². The van der Waals surface area contributed by atoms with Crippen molar-refractivity contribution in [3.05, 3.63) is 29.3 Å². The molecule has 0 spiro atoms. The Kier molecular flexibility index (Phi) is 2.97. The van der Waals surface area contributed by atoms with E-state index in [2.05, 4.69) is 13.0 Å². The summed E-state index contributed by atoms with van der Waals surface area (Å²) in [5.41, 5.74) is 8.95. The lowest BCUT2D eigenvalue weighted by atomic mass is 9.96. The van der Waals surface area contributed by atoms with Crippen LogP contribution in [0.3, 0.4) is 0 Å². The van der Waals surface area contributed by atoms with E-state index in [0.29, 0.717) is 6.54 Å². The fourth-order valence-corrected chi connectivity index (χ4v) is 2.42. The van der Waals surface area contributed by atoms with Gasteiger partial charge in [0.05, 0.1) is 5.92 Å². The number of nitrogens with two attached hydrogens (primary N) is 1. The highest BCUT2D eigenvalue weighted by atomic mass is 16.2. The zero-order valence-electron chi connectivity index (χ0n) is 9.86. The Bertz CT molecular complexity index is 414. The summed E-state index contributed by atoms with van der Waals surface area (Å²) in [7, 11) is 0. The van der Waals surface area contributed by atoms with Crippen LogP contribution in [0.25, 0.3) is 0 Å². The Balaban J connectivity index is 2.50. The second kappa shape index (κ2) is 4.26. The summed E-state index contributed by atoms with van der Waals surface area (Å²) in [6, 6.07) is 6.11. The van der Waals surface area contributed by atoms with Gasteiger partial charge in [0.15, 0.2) is 0 Å². The maximum absolute atomic E-state index is 12.1. The predicted octanol–water partition coefficient (Wildman–Crippen LogP) is 2.01. The molecule has 0 radical (unpaired) electrons. The van der Waals surface area contributed by atoms with Crippen molar-refractivity contribution < 1.29 is 4.79 Å². The predicted molar refractivity (Wildman–Crippen MR) is 65.4 cm³/mol. The van der Waals surface area contributed by atoms with Crippen LogP contribution >= 0.6 is 0 Å². The molecule has 1 aromatic rings. The lowest BCUT2D eigenvalue weighted by molar-refractivity contribution is -0.119. The standard InChI is InChI=1S/C13H18N2O/c1-3-10-11-7-9(8-14)5-6-12(11)15(4-2)13(10)16/h5-7,10H,3-4,8,14H2,1-2H3. The summed E-state index contributed by atoms with van der Waals surface area (Å²) in [4.78, 5) is 14.0. The maximum atomic E-state index is 12.1. The van der Waals surface area contributed by atoms with E-state index in [9.17, 15) is 4.79 Å². The Morgan fingerprint density at radius 1 is 1.38 bits per heavy atom. The van der Waals surface area contributed by atoms with Gasteiger partial charge in [-0.1, -0.05) is 19.1 Å². The molecule has 0 fully saturated rings. The molecule has 1 aliphatic rings. The minimum absolute atomic E-state index is 0.0291. The van der Waals surface area contributed by atoms with Gasteiger partial charge in [-0.2, -0.15) is 0 Å². The molecule has 1 aliphatic heterocycles. The molecule has 86 valence electrons. The molecule has 3 heteroatoms. The van der Waals surface area contributed by atoms with Crippen LogP contribution in [-0.2, 0) is 11.3 Å². The Hall–Kier alpha value is -1.35. The van der Waals surface area contributed by atoms with Crippen molar-refractivity contribution in [1.82, 2.24) is 0 Å². The highest BCUT2D eigenvalue weighted by Gasteiger charge is 2.34. The number of hydrogen-bond donors (Lipinski definition) is 1. The minimum Gasteiger partial charge on any atom is -0.326 e. The highest BCUT2D eigenvalue weighted by molar-refractivity contribution is 6.04. The van der Waals surface area contributed by atoms with Crippen molar-refractivity contribution in [2.45, 2.75) is 32.7 Å². The summed E-state index contributed by atoms with van der Waals surface area (Å²) < 4.78 is 0. The number of carbonyl (C=O) groups is 1. The van der Waals surface area contributed by atoms with Crippen molar-refractivity contribution >= 4 is 11.6 Å². The summed E-state index contributed by atoms with van der Waals surface area (Å²) in [6.45, 7) is 5.34. The average molecular weight is 218 g/mol. The smallest absolute Gasteiger partial charge is 0.234 e. The number of anilines is 1. The van der Waals surface area contributed by atoms with Gasteiger partial charge >= 0.3 is 0 Å². The molecule has 0 aromatic heterocycles. The van der Waals surface area contributed by atoms with Gasteiger partial charge in [0.25, 0.3) is 0 Å². The first-order valence-electron chi connectivity index (χ1n) is 5.87. The van der Waals surface area contributed by atoms with Crippen LogP contribution < -0.4 is 10.6 Å². The Morgan fingerprint density at radius 2 is 2.12 bits per heavy atom. The van der Waals surface area contributed by atoms with E-state index in [-0.39, 0.29) is 11.8 Å². The molecule has 0 aliphatic carbocycles. The first-order valence-corrected chi connectivity index (χ1v) is 5.87. The van der Waals surface area contributed by atoms with E-state index in [1.807, 2.05) is 24.0 Å². The van der Waals surface area contributed by atoms with Crippen LogP contribution in [0.1, 0.15) is 37.3 Å². The molecule has 16 heavy (non-hydrogen) atoms. The molecule has 1 unspecified atom stereocenters. The SMILES string of the molecule is CCC1C(=O)N(CC)c2ccc(CN)cc21. The highest BCUT2D eigenvalue weighted by Crippen LogP contribution is 2.39. The molecular weight excluding hydrogens is 200 g/mol. The number of rotatable bonds is 3. The Labute approximate surface area is 96.2 Å². The molecular formula is C13H18N2O. The zero-order chi connectivity index (χ0) is 11.7. The number of hydrogen-bond acceptors (Lipinski definition) is 2. The monoisotopic (exact) mass is 218 g/mol. The summed E-state index contributed by atoms with van der Waals surface area (Å²) in [5, 5.41) is 0. The third kappa shape index (κ3) is 1.52. The molecule has 1 atom stereocenters. The van der Waals surface area contributed by atoms with E-state index in [0.717, 1.165) is 29.8 Å². The molecule has 2 rings (SSSR count). The van der Waals surface area contributed by atoms with Crippen molar-refractivity contribution in [2.75, 3.05) is 11.4 Å². The van der Waals surface area contributed by atoms with Gasteiger partial charge in [0.1, 0.15) is 0 Å². The second-order valence-electron chi connectivity index (χ2n) is 4.14. The van der Waals surface area contributed by atoms with E-state index >= 15 is 0 Å². The Morgan fingerprint density at radius 3 is 2.69 bits per heavy atom. The lowest BCUT2D eigenvalue weighted by Gasteiger charge is -2.14. The van der Waals surface area contributed by atoms with Crippen molar-refractivity contribution in [3.63, 3.8) is 0 Å². The van der Waals surface area contributed by atoms with Gasteiger partial charge < -0.3 is 10.6 Å². The first kappa shape index (κ1) is 11.1. The molecule has 0 bridgehead atoms. The fourth-order valence-electron chi connectivity index (χ4n) is 2.42. The number of benzene rings is 1. The summed E-state index contributed by atoms with van der Waals surface area (Å²) in [6.07, 6.45) is 0.857. The molecule has 1 aromatic carbocycles. The molecule has 2 N–H and O–H groups in total. The van der Waals surface area contributed by atoms with Crippen LogP contribution in [-0.4, -0.2) is 12.5 Å². The maximum Gasteiger partial charge on any atom is 0.234 e. The van der Waals surface area contributed by atoms with Crippen molar-refractivity contribution in [3.8, 4) is 0 Å². The summed E-state index contributed by atoms with van der Waals surface area (Å²) >= 11 is 0. The summed E-state index contributed by atoms with van der Waals surface area (Å²) in [5.74, 6) is 0.260. The molecule has 1 amide bonds. The van der Waals surface area contributed by atoms with Crippen LogP contribution in [0.15, 0.2) is 18.2 Å². The molecule has 3 nitrogen and oxygen atoms in total. The van der Waals surface area contributed by atoms with E-state index in [4.69, 9.17) is 5.73 Å². The minimum atomic E-state index is 0.0291. The van der Waals surface area contributed by atoms with Gasteiger partial charge in [-0.15, -0.1) is 0 Å². The molecule has 0 saturated carbocycles. The normalized spacial score (nSPS) is 19.1. The van der Waals surface area contributed by atoms with E-state index < -0.39 is 0 Å². The third-order valence-corrected chi connectivity index (χ3v) is 3.28. The van der Waals surface area contributed by atoms with Gasteiger partial charge in [-0.25, -0.2) is 0 Å². The topological polar surface area (TPSA) is 46.3 Å². The first-order chi connectivity index (χ1) is 7.72. The fraction of sp³-hybridized carbons (Fsp3) is 0.462. The number of fused-ring (bicyclic) bond motifs is 1. The van der Waals surface area contributed by atoms with Gasteiger partial charge in [-0.3, -0.25) is 4.79 Å². The third-order valence-electron chi connectivity index (χ3n) is 3.28. The van der Waals surface area contributed by atoms with Gasteiger partial charge in [0, 0.05) is 18.8 Å². The lowest BCUT2D eigenvalue weighted by Crippen LogP contribution is -2.28. The van der Waals surface area contributed by atoms with Crippen LogP contribution in [0.5, 0.6) is 0 Å². The number of likely N-dealkylation sites (N-methyl/N-ethyl adjacent to an activating group) is 1. The largest absolute Gasteiger partial charge is 0.326 e.